The third kappa shape index (κ3) is 2.20. The Morgan fingerprint density at radius 2 is 1.86 bits per heavy atom. The lowest BCUT2D eigenvalue weighted by Gasteiger charge is -2.00. The van der Waals surface area contributed by atoms with E-state index in [1.54, 1.807) is 24.3 Å². The predicted molar refractivity (Wildman–Crippen MR) is 59.7 cm³/mol. The van der Waals surface area contributed by atoms with Crippen LogP contribution in [0.5, 0.6) is 0 Å². The molecule has 2 aromatic rings. The van der Waals surface area contributed by atoms with Crippen LogP contribution in [-0.2, 0) is 6.42 Å². The van der Waals surface area contributed by atoms with E-state index in [4.69, 9.17) is 4.42 Å². The second kappa shape index (κ2) is 4.38. The van der Waals surface area contributed by atoms with Crippen LogP contribution < -0.4 is 0 Å². The van der Waals surface area contributed by atoms with Crippen molar-refractivity contribution in [3.05, 3.63) is 54.0 Å². The number of hydrogen-bond acceptors (Lipinski definition) is 2. The monoisotopic (exact) mass is 204 g/mol. The van der Waals surface area contributed by atoms with E-state index >= 15 is 0 Å². The van der Waals surface area contributed by atoms with Crippen molar-refractivity contribution in [3.8, 4) is 0 Å². The van der Waals surface area contributed by atoms with Gasteiger partial charge < -0.3 is 4.42 Å². The Morgan fingerprint density at radius 3 is 2.43 bits per heavy atom. The minimum Gasteiger partial charge on any atom is -0.472 e. The highest BCUT2D eigenvalue weighted by Crippen LogP contribution is 2.16. The zero-order valence-electron chi connectivity index (χ0n) is 8.07. The van der Waals surface area contributed by atoms with Crippen LogP contribution in [0.2, 0.25) is 0 Å². The van der Waals surface area contributed by atoms with Crippen LogP contribution in [0.3, 0.4) is 0 Å². The fraction of sp³-hybridized carbons (Fsp3) is 0.167. The van der Waals surface area contributed by atoms with E-state index in [0.29, 0.717) is 0 Å². The second-order valence-electron chi connectivity index (χ2n) is 3.16. The Labute approximate surface area is 88.1 Å². The molecule has 0 amide bonds. The molecule has 0 aliphatic rings. The van der Waals surface area contributed by atoms with Crippen LogP contribution in [0.15, 0.2) is 52.2 Å². The summed E-state index contributed by atoms with van der Waals surface area (Å²) in [6.45, 7) is 0. The van der Waals surface area contributed by atoms with Crippen molar-refractivity contribution < 1.29 is 4.42 Å². The lowest BCUT2D eigenvalue weighted by atomic mass is 10.1. The van der Waals surface area contributed by atoms with E-state index in [9.17, 15) is 0 Å². The topological polar surface area (TPSA) is 13.1 Å². The minimum atomic E-state index is 0.950. The average Bonchev–Trinajstić information content (AvgIpc) is 2.72. The largest absolute Gasteiger partial charge is 0.472 e. The van der Waals surface area contributed by atoms with Gasteiger partial charge >= 0.3 is 0 Å². The molecule has 0 atom stereocenters. The quantitative estimate of drug-likeness (QED) is 0.709. The van der Waals surface area contributed by atoms with Gasteiger partial charge in [0, 0.05) is 11.3 Å². The molecule has 1 aromatic heterocycles. The van der Waals surface area contributed by atoms with E-state index in [0.717, 1.165) is 6.42 Å². The zero-order valence-corrected chi connectivity index (χ0v) is 8.88. The number of benzene rings is 1. The Kier molecular flexibility index (Phi) is 2.94. The Morgan fingerprint density at radius 1 is 1.07 bits per heavy atom. The minimum absolute atomic E-state index is 0.950. The van der Waals surface area contributed by atoms with Crippen molar-refractivity contribution in [1.82, 2.24) is 0 Å². The molecule has 0 radical (unpaired) electrons. The molecule has 1 nitrogen and oxygen atoms in total. The van der Waals surface area contributed by atoms with Gasteiger partial charge in [-0.1, -0.05) is 12.1 Å². The molecule has 1 aromatic carbocycles. The van der Waals surface area contributed by atoms with Gasteiger partial charge in [0.25, 0.3) is 0 Å². The summed E-state index contributed by atoms with van der Waals surface area (Å²) in [6, 6.07) is 10.6. The van der Waals surface area contributed by atoms with Crippen molar-refractivity contribution in [1.29, 1.82) is 0 Å². The van der Waals surface area contributed by atoms with Gasteiger partial charge in [0.1, 0.15) is 0 Å². The Balaban J connectivity index is 2.10. The van der Waals surface area contributed by atoms with Crippen LogP contribution in [0.1, 0.15) is 11.1 Å². The van der Waals surface area contributed by atoms with E-state index < -0.39 is 0 Å². The van der Waals surface area contributed by atoms with Crippen LogP contribution in [-0.4, -0.2) is 6.26 Å². The summed E-state index contributed by atoms with van der Waals surface area (Å²) in [5.74, 6) is 0. The maximum absolute atomic E-state index is 5.03. The molecule has 0 fully saturated rings. The maximum Gasteiger partial charge on any atom is 0.0937 e. The number of furan rings is 1. The summed E-state index contributed by atoms with van der Waals surface area (Å²) in [7, 11) is 0. The lowest BCUT2D eigenvalue weighted by Crippen LogP contribution is -1.84. The summed E-state index contributed by atoms with van der Waals surface area (Å²) >= 11 is 1.77. The van der Waals surface area contributed by atoms with Gasteiger partial charge in [0.2, 0.25) is 0 Å². The van der Waals surface area contributed by atoms with Gasteiger partial charge in [-0.2, -0.15) is 0 Å². The fourth-order valence-electron chi connectivity index (χ4n) is 1.37. The van der Waals surface area contributed by atoms with E-state index in [-0.39, 0.29) is 0 Å². The lowest BCUT2D eigenvalue weighted by molar-refractivity contribution is 0.564. The molecule has 1 heterocycles. The molecule has 0 saturated heterocycles. The van der Waals surface area contributed by atoms with Crippen LogP contribution >= 0.6 is 11.8 Å². The molecule has 0 spiro atoms. The van der Waals surface area contributed by atoms with Crippen LogP contribution in [0.4, 0.5) is 0 Å². The van der Waals surface area contributed by atoms with Crippen molar-refractivity contribution in [3.63, 3.8) is 0 Å². The first kappa shape index (κ1) is 9.41. The highest BCUT2D eigenvalue weighted by atomic mass is 32.2. The van der Waals surface area contributed by atoms with Crippen molar-refractivity contribution in [2.75, 3.05) is 6.26 Å². The third-order valence-electron chi connectivity index (χ3n) is 2.15. The molecule has 72 valence electrons. The molecule has 0 saturated carbocycles. The first-order chi connectivity index (χ1) is 6.88. The second-order valence-corrected chi connectivity index (χ2v) is 4.04. The number of thioether (sulfide) groups is 1. The summed E-state index contributed by atoms with van der Waals surface area (Å²) in [4.78, 5) is 1.31. The Hall–Kier alpha value is -1.15. The van der Waals surface area contributed by atoms with Gasteiger partial charge in [-0.15, -0.1) is 11.8 Å². The van der Waals surface area contributed by atoms with Crippen molar-refractivity contribution in [2.45, 2.75) is 11.3 Å². The summed E-state index contributed by atoms with van der Waals surface area (Å²) in [6.07, 6.45) is 6.55. The first-order valence-corrected chi connectivity index (χ1v) is 5.75. The SMILES string of the molecule is CSc1ccc(Cc2ccoc2)cc1. The summed E-state index contributed by atoms with van der Waals surface area (Å²) in [5, 5.41) is 0. The maximum atomic E-state index is 5.03. The molecule has 0 unspecified atom stereocenters. The van der Waals surface area contributed by atoms with Crippen LogP contribution in [0, 0.1) is 0 Å². The van der Waals surface area contributed by atoms with E-state index in [2.05, 4.69) is 30.5 Å². The Bertz CT molecular complexity index is 375. The molecule has 2 rings (SSSR count). The number of hydrogen-bond donors (Lipinski definition) is 0. The molecule has 0 aliphatic heterocycles. The van der Waals surface area contributed by atoms with E-state index in [1.165, 1.54) is 16.0 Å². The molecular formula is C12H12OS. The summed E-state index contributed by atoms with van der Waals surface area (Å²) < 4.78 is 5.03. The first-order valence-electron chi connectivity index (χ1n) is 4.52. The average molecular weight is 204 g/mol. The molecule has 14 heavy (non-hydrogen) atoms. The molecular weight excluding hydrogens is 192 g/mol. The van der Waals surface area contributed by atoms with Crippen molar-refractivity contribution in [2.24, 2.45) is 0 Å². The van der Waals surface area contributed by atoms with Gasteiger partial charge in [0.05, 0.1) is 12.5 Å². The normalized spacial score (nSPS) is 10.4. The highest BCUT2D eigenvalue weighted by Gasteiger charge is 1.97. The molecule has 2 heteroatoms. The predicted octanol–water partition coefficient (Wildman–Crippen LogP) is 3.59. The smallest absolute Gasteiger partial charge is 0.0937 e. The zero-order chi connectivity index (χ0) is 9.80. The number of rotatable bonds is 3. The van der Waals surface area contributed by atoms with E-state index in [1.807, 2.05) is 6.07 Å². The molecule has 0 aliphatic carbocycles. The molecule has 0 bridgehead atoms. The fourth-order valence-corrected chi connectivity index (χ4v) is 1.78. The third-order valence-corrected chi connectivity index (χ3v) is 2.89. The van der Waals surface area contributed by atoms with Crippen molar-refractivity contribution >= 4 is 11.8 Å². The van der Waals surface area contributed by atoms with Gasteiger partial charge in [0.15, 0.2) is 0 Å². The highest BCUT2D eigenvalue weighted by molar-refractivity contribution is 7.98. The standard InChI is InChI=1S/C12H12OS/c1-14-12-4-2-10(3-5-12)8-11-6-7-13-9-11/h2-7,9H,8H2,1H3. The van der Waals surface area contributed by atoms with Gasteiger partial charge in [-0.05, 0) is 35.6 Å². The summed E-state index contributed by atoms with van der Waals surface area (Å²) in [5.41, 5.74) is 2.55. The molecule has 0 N–H and O–H groups in total. The van der Waals surface area contributed by atoms with Gasteiger partial charge in [-0.25, -0.2) is 0 Å². The van der Waals surface area contributed by atoms with Gasteiger partial charge in [-0.3, -0.25) is 0 Å². The van der Waals surface area contributed by atoms with Crippen LogP contribution in [0.25, 0.3) is 0 Å².